The number of rotatable bonds is 7. The Morgan fingerprint density at radius 2 is 1.55 bits per heavy atom. The zero-order valence-corrected chi connectivity index (χ0v) is 12.6. The van der Waals surface area contributed by atoms with Crippen LogP contribution in [0.4, 0.5) is 26.3 Å². The van der Waals surface area contributed by atoms with Crippen LogP contribution < -0.4 is 0 Å². The van der Waals surface area contributed by atoms with Gasteiger partial charge in [0.15, 0.2) is 0 Å². The molecule has 1 fully saturated rings. The second-order valence-corrected chi connectivity index (χ2v) is 7.26. The van der Waals surface area contributed by atoms with Gasteiger partial charge in [0.05, 0.1) is 19.0 Å². The third-order valence-electron chi connectivity index (χ3n) is 3.30. The molecule has 0 aliphatic carbocycles. The van der Waals surface area contributed by atoms with Crippen molar-refractivity contribution in [3.63, 3.8) is 0 Å². The standard InChI is InChI=1S/C11H17F6NO3S/c1-9(12,13)10(14,15)11(16,17)22(19,20)8-2-3-18-4-6-21-7-5-18/h2-8H2,1H3. The van der Waals surface area contributed by atoms with Gasteiger partial charge in [-0.15, -0.1) is 0 Å². The van der Waals surface area contributed by atoms with Crippen molar-refractivity contribution in [2.75, 3.05) is 38.6 Å². The Labute approximate surface area is 124 Å². The third-order valence-corrected chi connectivity index (χ3v) is 5.16. The SMILES string of the molecule is CC(F)(F)C(F)(F)C(F)(F)S(=O)(=O)CCCN1CCOCC1. The van der Waals surface area contributed by atoms with E-state index in [0.29, 0.717) is 26.3 Å². The Bertz CT molecular complexity index is 471. The van der Waals surface area contributed by atoms with Gasteiger partial charge in [-0.2, -0.15) is 26.3 Å². The molecular weight excluding hydrogens is 340 g/mol. The first-order valence-electron chi connectivity index (χ1n) is 6.49. The predicted molar refractivity (Wildman–Crippen MR) is 66.2 cm³/mol. The third kappa shape index (κ3) is 3.85. The highest BCUT2D eigenvalue weighted by Crippen LogP contribution is 2.48. The van der Waals surface area contributed by atoms with E-state index in [1.165, 1.54) is 0 Å². The van der Waals surface area contributed by atoms with Gasteiger partial charge in [0, 0.05) is 20.0 Å². The lowest BCUT2D eigenvalue weighted by atomic mass is 10.2. The second kappa shape index (κ2) is 6.52. The van der Waals surface area contributed by atoms with Crippen LogP contribution in [0.5, 0.6) is 0 Å². The van der Waals surface area contributed by atoms with Crippen molar-refractivity contribution < 1.29 is 39.5 Å². The molecule has 0 saturated carbocycles. The minimum absolute atomic E-state index is 0.0762. The Kier molecular flexibility index (Phi) is 5.78. The lowest BCUT2D eigenvalue weighted by Crippen LogP contribution is -2.57. The fourth-order valence-electron chi connectivity index (χ4n) is 1.88. The molecule has 0 atom stereocenters. The number of morpholine rings is 1. The number of nitrogens with zero attached hydrogens (tertiary/aromatic N) is 1. The fourth-order valence-corrected chi connectivity index (χ4v) is 3.22. The zero-order chi connectivity index (χ0) is 17.2. The van der Waals surface area contributed by atoms with E-state index < -0.39 is 39.6 Å². The summed E-state index contributed by atoms with van der Waals surface area (Å²) in [5, 5.41) is -5.83. The zero-order valence-electron chi connectivity index (χ0n) is 11.8. The van der Waals surface area contributed by atoms with E-state index in [1.807, 2.05) is 0 Å². The van der Waals surface area contributed by atoms with Crippen molar-refractivity contribution in [1.29, 1.82) is 0 Å². The number of ether oxygens (including phenoxy) is 1. The molecule has 11 heteroatoms. The van der Waals surface area contributed by atoms with Crippen molar-refractivity contribution in [2.45, 2.75) is 30.4 Å². The van der Waals surface area contributed by atoms with Crippen LogP contribution in [0, 0.1) is 0 Å². The van der Waals surface area contributed by atoms with Crippen LogP contribution in [0.3, 0.4) is 0 Å². The summed E-state index contributed by atoms with van der Waals surface area (Å²) in [4.78, 5) is 1.71. The van der Waals surface area contributed by atoms with Crippen LogP contribution >= 0.6 is 0 Å². The summed E-state index contributed by atoms with van der Waals surface area (Å²) in [7, 11) is -5.72. The molecule has 0 spiro atoms. The molecule has 1 rings (SSSR count). The average molecular weight is 357 g/mol. The van der Waals surface area contributed by atoms with Gasteiger partial charge in [0.2, 0.25) is 9.84 Å². The largest absolute Gasteiger partial charge is 0.413 e. The molecule has 22 heavy (non-hydrogen) atoms. The van der Waals surface area contributed by atoms with Crippen LogP contribution in [-0.2, 0) is 14.6 Å². The van der Waals surface area contributed by atoms with Gasteiger partial charge in [0.1, 0.15) is 0 Å². The average Bonchev–Trinajstić information content (AvgIpc) is 2.38. The number of hydrogen-bond donors (Lipinski definition) is 0. The Hall–Kier alpha value is -0.550. The van der Waals surface area contributed by atoms with Gasteiger partial charge in [-0.3, -0.25) is 4.90 Å². The molecule has 0 amide bonds. The van der Waals surface area contributed by atoms with Gasteiger partial charge in [0.25, 0.3) is 0 Å². The number of halogens is 6. The van der Waals surface area contributed by atoms with Crippen molar-refractivity contribution >= 4 is 9.84 Å². The molecule has 132 valence electrons. The first-order valence-corrected chi connectivity index (χ1v) is 8.14. The summed E-state index contributed by atoms with van der Waals surface area (Å²) in [6.45, 7) is 1.34. The highest BCUT2D eigenvalue weighted by Gasteiger charge is 2.74. The van der Waals surface area contributed by atoms with Crippen molar-refractivity contribution in [2.24, 2.45) is 0 Å². The molecule has 4 nitrogen and oxygen atoms in total. The van der Waals surface area contributed by atoms with Crippen LogP contribution in [0.25, 0.3) is 0 Å². The Morgan fingerprint density at radius 3 is 2.00 bits per heavy atom. The first kappa shape index (κ1) is 19.5. The van der Waals surface area contributed by atoms with Gasteiger partial charge in [-0.25, -0.2) is 8.42 Å². The van der Waals surface area contributed by atoms with Crippen molar-refractivity contribution in [3.8, 4) is 0 Å². The summed E-state index contributed by atoms with van der Waals surface area (Å²) in [6, 6.07) is 0. The molecule has 0 bridgehead atoms. The minimum atomic E-state index is -5.97. The number of alkyl halides is 6. The Balaban J connectivity index is 2.71. The molecule has 0 radical (unpaired) electrons. The molecule has 0 aromatic heterocycles. The van der Waals surface area contributed by atoms with E-state index >= 15 is 0 Å². The van der Waals surface area contributed by atoms with E-state index in [2.05, 4.69) is 0 Å². The second-order valence-electron chi connectivity index (χ2n) is 5.11. The summed E-state index contributed by atoms with van der Waals surface area (Å²) in [6.07, 6.45) is -0.358. The van der Waals surface area contributed by atoms with Crippen molar-refractivity contribution in [1.82, 2.24) is 4.90 Å². The Morgan fingerprint density at radius 1 is 1.05 bits per heavy atom. The summed E-state index contributed by atoms with van der Waals surface area (Å²) in [5.74, 6) is -12.4. The van der Waals surface area contributed by atoms with Gasteiger partial charge >= 0.3 is 17.1 Å². The van der Waals surface area contributed by atoms with Crippen molar-refractivity contribution in [3.05, 3.63) is 0 Å². The lowest BCUT2D eigenvalue weighted by Gasteiger charge is -2.30. The van der Waals surface area contributed by atoms with Crippen LogP contribution in [-0.4, -0.2) is 69.0 Å². The molecule has 1 heterocycles. The van der Waals surface area contributed by atoms with Crippen LogP contribution in [0.1, 0.15) is 13.3 Å². The maximum atomic E-state index is 13.4. The van der Waals surface area contributed by atoms with Gasteiger partial charge in [-0.05, 0) is 13.0 Å². The quantitative estimate of drug-likeness (QED) is 0.654. The van der Waals surface area contributed by atoms with Gasteiger partial charge in [-0.1, -0.05) is 0 Å². The lowest BCUT2D eigenvalue weighted by molar-refractivity contribution is -0.271. The van der Waals surface area contributed by atoms with Crippen LogP contribution in [0.15, 0.2) is 0 Å². The van der Waals surface area contributed by atoms with E-state index in [4.69, 9.17) is 4.74 Å². The normalized spacial score (nSPS) is 19.4. The maximum Gasteiger partial charge on any atom is 0.413 e. The highest BCUT2D eigenvalue weighted by molar-refractivity contribution is 7.92. The number of hydrogen-bond acceptors (Lipinski definition) is 4. The molecule has 0 aromatic carbocycles. The maximum absolute atomic E-state index is 13.4. The van der Waals surface area contributed by atoms with E-state index in [1.54, 1.807) is 4.90 Å². The molecule has 0 N–H and O–H groups in total. The fraction of sp³-hybridized carbons (Fsp3) is 1.00. The molecule has 0 aromatic rings. The molecule has 1 aliphatic heterocycles. The summed E-state index contributed by atoms with van der Waals surface area (Å²) < 4.78 is 106. The first-order chi connectivity index (χ1) is 9.83. The monoisotopic (exact) mass is 357 g/mol. The van der Waals surface area contributed by atoms with Crippen LogP contribution in [0.2, 0.25) is 0 Å². The topological polar surface area (TPSA) is 46.6 Å². The smallest absolute Gasteiger partial charge is 0.379 e. The minimum Gasteiger partial charge on any atom is -0.379 e. The van der Waals surface area contributed by atoms with E-state index in [9.17, 15) is 34.8 Å². The highest BCUT2D eigenvalue weighted by atomic mass is 32.2. The molecule has 1 saturated heterocycles. The summed E-state index contributed by atoms with van der Waals surface area (Å²) >= 11 is 0. The van der Waals surface area contributed by atoms with E-state index in [-0.39, 0.29) is 13.0 Å². The predicted octanol–water partition coefficient (Wildman–Crippen LogP) is 2.01. The molecule has 1 aliphatic rings. The molecular formula is C11H17F6NO3S. The molecule has 0 unspecified atom stereocenters. The van der Waals surface area contributed by atoms with Gasteiger partial charge < -0.3 is 4.74 Å². The van der Waals surface area contributed by atoms with E-state index in [0.717, 1.165) is 0 Å². The number of sulfone groups is 1. The summed E-state index contributed by atoms with van der Waals surface area (Å²) in [5.41, 5.74) is 0.